The lowest BCUT2D eigenvalue weighted by Crippen LogP contribution is -2.47. The molecule has 4 N–H and O–H groups in total. The molecule has 0 aromatic carbocycles. The molecule has 0 aromatic rings. The van der Waals surface area contributed by atoms with Crippen LogP contribution in [0.2, 0.25) is 0 Å². The second kappa shape index (κ2) is 8.08. The first-order valence-corrected chi connectivity index (χ1v) is 6.28. The van der Waals surface area contributed by atoms with Gasteiger partial charge in [0.25, 0.3) is 0 Å². The predicted molar refractivity (Wildman–Crippen MR) is 72.8 cm³/mol. The number of carbonyl (C=O) groups is 4. The number of carboxylic acids is 2. The summed E-state index contributed by atoms with van der Waals surface area (Å²) >= 11 is 0. The average Bonchev–Trinajstić information content (AvgIpc) is 2.23. The molecule has 0 rings (SSSR count). The molecule has 0 atom stereocenters. The van der Waals surface area contributed by atoms with Crippen LogP contribution in [0.1, 0.15) is 27.2 Å². The minimum Gasteiger partial charge on any atom is -0.480 e. The Balaban J connectivity index is 4.28. The fourth-order valence-corrected chi connectivity index (χ4v) is 1.40. The van der Waals surface area contributed by atoms with E-state index in [0.29, 0.717) is 4.90 Å². The number of hydrogen-bond acceptors (Lipinski definition) is 4. The third kappa shape index (κ3) is 10.2. The molecule has 0 aliphatic heterocycles. The summed E-state index contributed by atoms with van der Waals surface area (Å²) in [5.41, 5.74) is -0.389. The van der Waals surface area contributed by atoms with Gasteiger partial charge in [-0.3, -0.25) is 14.4 Å². The van der Waals surface area contributed by atoms with Crippen LogP contribution in [-0.4, -0.2) is 64.2 Å². The van der Waals surface area contributed by atoms with Crippen molar-refractivity contribution in [3.05, 3.63) is 0 Å². The number of carboxylic acid groups (broad SMARTS) is 2. The summed E-state index contributed by atoms with van der Waals surface area (Å²) in [6.45, 7) is 3.95. The van der Waals surface area contributed by atoms with E-state index in [9.17, 15) is 19.2 Å². The number of urea groups is 1. The van der Waals surface area contributed by atoms with Gasteiger partial charge in [-0.15, -0.1) is 0 Å². The van der Waals surface area contributed by atoms with E-state index in [4.69, 9.17) is 10.2 Å². The van der Waals surface area contributed by atoms with Crippen molar-refractivity contribution in [2.24, 2.45) is 0 Å². The molecule has 0 radical (unpaired) electrons. The molecule has 9 nitrogen and oxygen atoms in total. The van der Waals surface area contributed by atoms with Gasteiger partial charge in [-0.25, -0.2) is 4.79 Å². The Bertz CT molecular complexity index is 400. The van der Waals surface area contributed by atoms with E-state index < -0.39 is 31.1 Å². The Morgan fingerprint density at radius 1 is 1.00 bits per heavy atom. The van der Waals surface area contributed by atoms with Gasteiger partial charge in [0, 0.05) is 18.5 Å². The summed E-state index contributed by atoms with van der Waals surface area (Å²) in [6, 6.07) is -0.844. The van der Waals surface area contributed by atoms with Crippen molar-refractivity contribution in [3.8, 4) is 0 Å². The summed E-state index contributed by atoms with van der Waals surface area (Å²) < 4.78 is 0. The lowest BCUT2D eigenvalue weighted by molar-refractivity contribution is -0.140. The van der Waals surface area contributed by atoms with Crippen LogP contribution in [0.5, 0.6) is 0 Å². The third-order valence-corrected chi connectivity index (χ3v) is 2.08. The molecule has 3 amide bonds. The van der Waals surface area contributed by atoms with Crippen molar-refractivity contribution in [2.75, 3.05) is 19.6 Å². The third-order valence-electron chi connectivity index (χ3n) is 2.08. The van der Waals surface area contributed by atoms with Crippen LogP contribution >= 0.6 is 0 Å². The summed E-state index contributed by atoms with van der Waals surface area (Å²) in [7, 11) is 0. The Hall–Kier alpha value is -2.32. The maximum absolute atomic E-state index is 11.6. The fourth-order valence-electron chi connectivity index (χ4n) is 1.40. The molecule has 0 heterocycles. The van der Waals surface area contributed by atoms with Gasteiger partial charge in [-0.05, 0) is 20.8 Å². The smallest absolute Gasteiger partial charge is 0.323 e. The fraction of sp³-hybridized carbons (Fsp3) is 0.667. The Labute approximate surface area is 122 Å². The maximum Gasteiger partial charge on any atom is 0.323 e. The van der Waals surface area contributed by atoms with Gasteiger partial charge in [0.2, 0.25) is 5.91 Å². The zero-order valence-electron chi connectivity index (χ0n) is 12.3. The van der Waals surface area contributed by atoms with E-state index in [1.165, 1.54) is 0 Å². The highest BCUT2D eigenvalue weighted by Gasteiger charge is 2.20. The van der Waals surface area contributed by atoms with Gasteiger partial charge in [-0.2, -0.15) is 0 Å². The number of carbonyl (C=O) groups excluding carboxylic acids is 2. The van der Waals surface area contributed by atoms with Crippen molar-refractivity contribution >= 4 is 23.9 Å². The highest BCUT2D eigenvalue weighted by molar-refractivity contribution is 5.84. The number of nitrogens with zero attached hydrogens (tertiary/aromatic N) is 1. The Morgan fingerprint density at radius 3 is 1.86 bits per heavy atom. The molecule has 0 saturated heterocycles. The second-order valence-corrected chi connectivity index (χ2v) is 5.42. The summed E-state index contributed by atoms with van der Waals surface area (Å²) in [5.74, 6) is -2.92. The SMILES string of the molecule is CC(C)(C)NC(=O)CCNC(=O)N(CC(=O)O)CC(=O)O. The molecular weight excluding hydrogens is 282 g/mol. The lowest BCUT2D eigenvalue weighted by atomic mass is 10.1. The van der Waals surface area contributed by atoms with E-state index in [-0.39, 0.29) is 24.4 Å². The molecule has 0 fully saturated rings. The molecule has 9 heteroatoms. The molecule has 120 valence electrons. The van der Waals surface area contributed by atoms with Gasteiger partial charge >= 0.3 is 18.0 Å². The summed E-state index contributed by atoms with van der Waals surface area (Å²) in [4.78, 5) is 44.9. The number of amides is 3. The quantitative estimate of drug-likeness (QED) is 0.499. The Kier molecular flexibility index (Phi) is 7.18. The van der Waals surface area contributed by atoms with Crippen LogP contribution < -0.4 is 10.6 Å². The Morgan fingerprint density at radius 2 is 1.48 bits per heavy atom. The zero-order valence-corrected chi connectivity index (χ0v) is 12.3. The van der Waals surface area contributed by atoms with Crippen molar-refractivity contribution in [1.29, 1.82) is 0 Å². The van der Waals surface area contributed by atoms with Crippen LogP contribution in [0, 0.1) is 0 Å². The lowest BCUT2D eigenvalue weighted by Gasteiger charge is -2.21. The topological polar surface area (TPSA) is 136 Å². The molecule has 0 spiro atoms. The molecule has 0 aliphatic carbocycles. The first kappa shape index (κ1) is 18.7. The van der Waals surface area contributed by atoms with Crippen LogP contribution in [0.25, 0.3) is 0 Å². The molecule has 0 bridgehead atoms. The van der Waals surface area contributed by atoms with E-state index in [1.807, 2.05) is 20.8 Å². The van der Waals surface area contributed by atoms with Gasteiger partial charge < -0.3 is 25.7 Å². The zero-order chi connectivity index (χ0) is 16.6. The molecule has 0 saturated carbocycles. The number of hydrogen-bond donors (Lipinski definition) is 4. The molecule has 0 unspecified atom stereocenters. The van der Waals surface area contributed by atoms with Crippen LogP contribution in [0.15, 0.2) is 0 Å². The predicted octanol–water partition coefficient (Wildman–Crippen LogP) is -0.528. The molecule has 21 heavy (non-hydrogen) atoms. The van der Waals surface area contributed by atoms with Gasteiger partial charge in [0.15, 0.2) is 0 Å². The van der Waals surface area contributed by atoms with E-state index in [0.717, 1.165) is 0 Å². The number of aliphatic carboxylic acids is 2. The molecular formula is C12H21N3O6. The first-order valence-electron chi connectivity index (χ1n) is 6.28. The van der Waals surface area contributed by atoms with Crippen LogP contribution in [0.4, 0.5) is 4.79 Å². The van der Waals surface area contributed by atoms with Crippen LogP contribution in [-0.2, 0) is 14.4 Å². The maximum atomic E-state index is 11.6. The van der Waals surface area contributed by atoms with Crippen LogP contribution in [0.3, 0.4) is 0 Å². The largest absolute Gasteiger partial charge is 0.480 e. The standard InChI is InChI=1S/C12H21N3O6/c1-12(2,3)14-8(16)4-5-13-11(21)15(6-9(17)18)7-10(19)20/h4-7H2,1-3H3,(H,13,21)(H,14,16)(H,17,18)(H,19,20). The minimum absolute atomic E-state index is 0.0109. The number of rotatable bonds is 7. The van der Waals surface area contributed by atoms with E-state index >= 15 is 0 Å². The van der Waals surface area contributed by atoms with Crippen molar-refractivity contribution in [2.45, 2.75) is 32.7 Å². The molecule has 0 aliphatic rings. The summed E-state index contributed by atoms with van der Waals surface area (Å²) in [6.07, 6.45) is 0.0109. The van der Waals surface area contributed by atoms with Gasteiger partial charge in [-0.1, -0.05) is 0 Å². The first-order chi connectivity index (χ1) is 9.51. The monoisotopic (exact) mass is 303 g/mol. The van der Waals surface area contributed by atoms with E-state index in [1.54, 1.807) is 0 Å². The van der Waals surface area contributed by atoms with Crippen molar-refractivity contribution in [3.63, 3.8) is 0 Å². The normalized spacial score (nSPS) is 10.6. The van der Waals surface area contributed by atoms with Crippen molar-refractivity contribution < 1.29 is 29.4 Å². The van der Waals surface area contributed by atoms with Gasteiger partial charge in [0.05, 0.1) is 0 Å². The van der Waals surface area contributed by atoms with Gasteiger partial charge in [0.1, 0.15) is 13.1 Å². The second-order valence-electron chi connectivity index (χ2n) is 5.42. The highest BCUT2D eigenvalue weighted by Crippen LogP contribution is 1.98. The summed E-state index contributed by atoms with van der Waals surface area (Å²) in [5, 5.41) is 22.2. The average molecular weight is 303 g/mol. The van der Waals surface area contributed by atoms with Crippen molar-refractivity contribution in [1.82, 2.24) is 15.5 Å². The minimum atomic E-state index is -1.32. The highest BCUT2D eigenvalue weighted by atomic mass is 16.4. The number of nitrogens with one attached hydrogen (secondary N) is 2. The van der Waals surface area contributed by atoms with E-state index in [2.05, 4.69) is 10.6 Å². The molecule has 0 aromatic heterocycles.